The highest BCUT2D eigenvalue weighted by Crippen LogP contribution is 2.51. The second-order valence-electron chi connectivity index (χ2n) is 6.48. The van der Waals surface area contributed by atoms with E-state index >= 15 is 0 Å². The number of sulfone groups is 2. The first-order valence-electron chi connectivity index (χ1n) is 7.48. The third-order valence-electron chi connectivity index (χ3n) is 4.76. The van der Waals surface area contributed by atoms with Crippen LogP contribution in [-0.2, 0) is 19.7 Å². The molecule has 122 valence electrons. The van der Waals surface area contributed by atoms with Crippen LogP contribution in [0.25, 0.3) is 0 Å². The summed E-state index contributed by atoms with van der Waals surface area (Å²) in [5.41, 5.74) is 0.523. The molecule has 0 bridgehead atoms. The van der Waals surface area contributed by atoms with Gasteiger partial charge in [-0.1, -0.05) is 12.8 Å². The Balaban J connectivity index is 1.94. The minimum Gasteiger partial charge on any atom is -0.381 e. The third kappa shape index (κ3) is 3.01. The molecule has 0 radical (unpaired) electrons. The number of anilines is 1. The molecule has 2 fully saturated rings. The molecule has 3 rings (SSSR count). The normalized spacial score (nSPS) is 28.0. The van der Waals surface area contributed by atoms with Crippen LogP contribution in [0.1, 0.15) is 25.7 Å². The Bertz CT molecular complexity index is 787. The van der Waals surface area contributed by atoms with E-state index in [4.69, 9.17) is 0 Å². The maximum absolute atomic E-state index is 12.0. The molecule has 1 N–H and O–H groups in total. The molecule has 0 aliphatic heterocycles. The SMILES string of the molecule is CS(=O)(=O)c1ccc(NC2[C@@H]3CCCC[C@@H]23)c(S(C)(=O)=O)c1. The van der Waals surface area contributed by atoms with Gasteiger partial charge in [0, 0.05) is 18.6 Å². The topological polar surface area (TPSA) is 80.3 Å². The van der Waals surface area contributed by atoms with Gasteiger partial charge < -0.3 is 5.32 Å². The lowest BCUT2D eigenvalue weighted by Crippen LogP contribution is -2.11. The monoisotopic (exact) mass is 343 g/mol. The van der Waals surface area contributed by atoms with Gasteiger partial charge in [-0.2, -0.15) is 0 Å². The fraction of sp³-hybridized carbons (Fsp3) is 0.600. The summed E-state index contributed by atoms with van der Waals surface area (Å²) < 4.78 is 47.3. The van der Waals surface area contributed by atoms with Crippen molar-refractivity contribution >= 4 is 25.4 Å². The molecular formula is C15H21NO4S2. The highest BCUT2D eigenvalue weighted by molar-refractivity contribution is 7.91. The van der Waals surface area contributed by atoms with Gasteiger partial charge in [0.25, 0.3) is 0 Å². The van der Waals surface area contributed by atoms with Crippen molar-refractivity contribution in [3.05, 3.63) is 18.2 Å². The molecule has 7 heteroatoms. The zero-order chi connectivity index (χ0) is 16.1. The quantitative estimate of drug-likeness (QED) is 0.905. The van der Waals surface area contributed by atoms with E-state index < -0.39 is 19.7 Å². The van der Waals surface area contributed by atoms with Gasteiger partial charge in [-0.3, -0.25) is 0 Å². The van der Waals surface area contributed by atoms with E-state index in [0.29, 0.717) is 23.6 Å². The summed E-state index contributed by atoms with van der Waals surface area (Å²) >= 11 is 0. The zero-order valence-corrected chi connectivity index (χ0v) is 14.4. The first kappa shape index (κ1) is 15.8. The Morgan fingerprint density at radius 2 is 1.55 bits per heavy atom. The van der Waals surface area contributed by atoms with Gasteiger partial charge >= 0.3 is 0 Å². The van der Waals surface area contributed by atoms with Crippen LogP contribution in [0, 0.1) is 11.8 Å². The van der Waals surface area contributed by atoms with Crippen molar-refractivity contribution in [2.75, 3.05) is 17.8 Å². The fourth-order valence-corrected chi connectivity index (χ4v) is 5.13. The van der Waals surface area contributed by atoms with Gasteiger partial charge in [0.15, 0.2) is 19.7 Å². The van der Waals surface area contributed by atoms with Gasteiger partial charge in [-0.15, -0.1) is 0 Å². The summed E-state index contributed by atoms with van der Waals surface area (Å²) in [7, 11) is -6.92. The van der Waals surface area contributed by atoms with E-state index in [0.717, 1.165) is 12.5 Å². The lowest BCUT2D eigenvalue weighted by Gasteiger charge is -2.12. The van der Waals surface area contributed by atoms with Gasteiger partial charge in [0.2, 0.25) is 0 Å². The van der Waals surface area contributed by atoms with E-state index in [9.17, 15) is 16.8 Å². The summed E-state index contributed by atoms with van der Waals surface area (Å²) in [6.07, 6.45) is 7.06. The average molecular weight is 343 g/mol. The van der Waals surface area contributed by atoms with Gasteiger partial charge in [0.05, 0.1) is 15.5 Å². The van der Waals surface area contributed by atoms with Crippen molar-refractivity contribution < 1.29 is 16.8 Å². The highest BCUT2D eigenvalue weighted by atomic mass is 32.2. The molecular weight excluding hydrogens is 322 g/mol. The predicted octanol–water partition coefficient (Wildman–Crippen LogP) is 2.09. The van der Waals surface area contributed by atoms with Crippen LogP contribution in [0.3, 0.4) is 0 Å². The summed E-state index contributed by atoms with van der Waals surface area (Å²) in [6.45, 7) is 0. The fourth-order valence-electron chi connectivity index (χ4n) is 3.55. The largest absolute Gasteiger partial charge is 0.381 e. The lowest BCUT2D eigenvalue weighted by molar-refractivity contribution is 0.480. The van der Waals surface area contributed by atoms with Gasteiger partial charge in [-0.05, 0) is 42.9 Å². The number of nitrogens with one attached hydrogen (secondary N) is 1. The van der Waals surface area contributed by atoms with Crippen LogP contribution in [0.15, 0.2) is 28.0 Å². The van der Waals surface area contributed by atoms with Crippen molar-refractivity contribution in [3.8, 4) is 0 Å². The summed E-state index contributed by atoms with van der Waals surface area (Å²) in [6, 6.07) is 4.64. The minimum absolute atomic E-state index is 0.0340. The van der Waals surface area contributed by atoms with Crippen molar-refractivity contribution in [2.45, 2.75) is 41.5 Å². The number of benzene rings is 1. The second kappa shape index (κ2) is 5.23. The van der Waals surface area contributed by atoms with Crippen molar-refractivity contribution in [3.63, 3.8) is 0 Å². The van der Waals surface area contributed by atoms with E-state index in [1.165, 1.54) is 37.8 Å². The van der Waals surface area contributed by atoms with Crippen molar-refractivity contribution in [2.24, 2.45) is 11.8 Å². The molecule has 1 aromatic rings. The van der Waals surface area contributed by atoms with Crippen molar-refractivity contribution in [1.29, 1.82) is 0 Å². The van der Waals surface area contributed by atoms with E-state index in [-0.39, 0.29) is 9.79 Å². The molecule has 0 heterocycles. The summed E-state index contributed by atoms with van der Waals surface area (Å²) in [5, 5.41) is 3.34. The first-order valence-corrected chi connectivity index (χ1v) is 11.3. The molecule has 0 saturated heterocycles. The zero-order valence-electron chi connectivity index (χ0n) is 12.7. The van der Waals surface area contributed by atoms with Crippen LogP contribution in [0.5, 0.6) is 0 Å². The minimum atomic E-state index is -3.49. The molecule has 0 aromatic heterocycles. The molecule has 2 aliphatic rings. The maximum atomic E-state index is 12.0. The van der Waals surface area contributed by atoms with Crippen LogP contribution in [0.4, 0.5) is 5.69 Å². The van der Waals surface area contributed by atoms with E-state index in [1.807, 2.05) is 0 Å². The highest BCUT2D eigenvalue weighted by Gasteiger charge is 2.50. The lowest BCUT2D eigenvalue weighted by atomic mass is 10.0. The molecule has 22 heavy (non-hydrogen) atoms. The first-order chi connectivity index (χ1) is 10.2. The Morgan fingerprint density at radius 3 is 2.05 bits per heavy atom. The number of hydrogen-bond donors (Lipinski definition) is 1. The Morgan fingerprint density at radius 1 is 0.955 bits per heavy atom. The average Bonchev–Trinajstić information content (AvgIpc) is 3.10. The summed E-state index contributed by atoms with van der Waals surface area (Å²) in [4.78, 5) is 0.103. The number of fused-ring (bicyclic) bond motifs is 1. The number of hydrogen-bond acceptors (Lipinski definition) is 5. The maximum Gasteiger partial charge on any atom is 0.177 e. The standard InChI is InChI=1S/C15H21NO4S2/c1-21(17,18)10-7-8-13(14(9-10)22(2,19)20)16-15-11-5-3-4-6-12(11)15/h7-9,11-12,15-16H,3-6H2,1-2H3/t11-,12-/m1/s1. The molecule has 2 saturated carbocycles. The van der Waals surface area contributed by atoms with E-state index in [1.54, 1.807) is 6.07 Å². The molecule has 2 aliphatic carbocycles. The van der Waals surface area contributed by atoms with Crippen LogP contribution in [0.2, 0.25) is 0 Å². The van der Waals surface area contributed by atoms with Gasteiger partial charge in [-0.25, -0.2) is 16.8 Å². The molecule has 1 aromatic carbocycles. The van der Waals surface area contributed by atoms with E-state index in [2.05, 4.69) is 5.32 Å². The Labute approximate surface area is 132 Å². The second-order valence-corrected chi connectivity index (χ2v) is 10.5. The van der Waals surface area contributed by atoms with Crippen LogP contribution in [-0.4, -0.2) is 35.4 Å². The molecule has 5 nitrogen and oxygen atoms in total. The Hall–Kier alpha value is -1.08. The predicted molar refractivity (Wildman–Crippen MR) is 85.5 cm³/mol. The van der Waals surface area contributed by atoms with Gasteiger partial charge in [0.1, 0.15) is 0 Å². The molecule has 0 spiro atoms. The molecule has 2 atom stereocenters. The van der Waals surface area contributed by atoms with Crippen LogP contribution < -0.4 is 5.32 Å². The smallest absolute Gasteiger partial charge is 0.177 e. The molecule has 0 amide bonds. The Kier molecular flexibility index (Phi) is 3.76. The van der Waals surface area contributed by atoms with Crippen LogP contribution >= 0.6 is 0 Å². The summed E-state index contributed by atoms with van der Waals surface area (Å²) in [5.74, 6) is 1.27. The molecule has 0 unspecified atom stereocenters. The number of rotatable bonds is 4. The third-order valence-corrected chi connectivity index (χ3v) is 7.01. The van der Waals surface area contributed by atoms with Crippen molar-refractivity contribution in [1.82, 2.24) is 0 Å².